The summed E-state index contributed by atoms with van der Waals surface area (Å²) in [6, 6.07) is -1.14. The second kappa shape index (κ2) is 10.1. The Bertz CT molecular complexity index is 1220. The van der Waals surface area contributed by atoms with Crippen LogP contribution in [0.25, 0.3) is 5.76 Å². The zero-order valence-corrected chi connectivity index (χ0v) is 21.9. The molecular formula is C22H27Cl3N4O7. The Hall–Kier alpha value is -2.57. The molecule has 7 N–H and O–H groups in total. The van der Waals surface area contributed by atoms with Crippen LogP contribution in [0, 0.1) is 11.8 Å². The number of rotatable bonds is 4. The topological polar surface area (TPSA) is 186 Å². The number of amides is 1. The first-order valence-electron chi connectivity index (χ1n) is 10.7. The smallest absolute Gasteiger partial charge is 0.255 e. The molecular weight excluding hydrogens is 539 g/mol. The van der Waals surface area contributed by atoms with Gasteiger partial charge in [-0.3, -0.25) is 19.3 Å². The second-order valence-electron chi connectivity index (χ2n) is 8.95. The number of anilines is 1. The summed E-state index contributed by atoms with van der Waals surface area (Å²) < 4.78 is 0. The minimum absolute atomic E-state index is 0. The molecule has 4 atom stereocenters. The molecule has 3 aliphatic rings. The van der Waals surface area contributed by atoms with Gasteiger partial charge in [0.1, 0.15) is 22.2 Å². The molecule has 0 saturated heterocycles. The van der Waals surface area contributed by atoms with Gasteiger partial charge in [0.15, 0.2) is 23.0 Å². The second-order valence-corrected chi connectivity index (χ2v) is 9.30. The third kappa shape index (κ3) is 3.90. The molecule has 1 saturated carbocycles. The lowest BCUT2D eigenvalue weighted by Crippen LogP contribution is -2.65. The molecule has 14 heteroatoms. The highest BCUT2D eigenvalue weighted by atomic mass is 35.5. The molecule has 1 fully saturated rings. The van der Waals surface area contributed by atoms with Crippen molar-refractivity contribution < 1.29 is 34.8 Å². The standard InChI is InChI=1S/C22H25ClN4O7.2ClH/c1-4-25-21-16(30)11-8(19(23)26-21)5-7-6-9-13(27(2)3)15(29)12(20(24)33)18(32)22(9,34)17(31)10(7)14(11)28;;/h7,9,13,28,30,32,34H,4-6H2,1-3H3,(H2,24,33)(H,25,26);2*1H/t7-,9-,13-,22-;;/m0../s1. The molecule has 36 heavy (non-hydrogen) atoms. The summed E-state index contributed by atoms with van der Waals surface area (Å²) in [5.41, 5.74) is 1.73. The van der Waals surface area contributed by atoms with Crippen LogP contribution in [0.4, 0.5) is 5.82 Å². The van der Waals surface area contributed by atoms with Crippen molar-refractivity contribution in [3.63, 3.8) is 0 Å². The maximum Gasteiger partial charge on any atom is 0.255 e. The number of hydrogen-bond acceptors (Lipinski definition) is 10. The van der Waals surface area contributed by atoms with Crippen LogP contribution in [0.2, 0.25) is 5.15 Å². The van der Waals surface area contributed by atoms with E-state index in [0.717, 1.165) is 0 Å². The van der Waals surface area contributed by atoms with E-state index in [0.29, 0.717) is 12.1 Å². The van der Waals surface area contributed by atoms with E-state index in [2.05, 4.69) is 10.3 Å². The number of aromatic hydroxyl groups is 1. The van der Waals surface area contributed by atoms with Crippen LogP contribution in [-0.4, -0.2) is 80.1 Å². The van der Waals surface area contributed by atoms with Gasteiger partial charge in [0.05, 0.1) is 11.6 Å². The Balaban J connectivity index is 0.00000228. The lowest BCUT2D eigenvalue weighted by atomic mass is 9.57. The molecule has 0 unspecified atom stereocenters. The molecule has 1 heterocycles. The van der Waals surface area contributed by atoms with Gasteiger partial charge in [-0.05, 0) is 39.8 Å². The minimum Gasteiger partial charge on any atom is -0.508 e. The van der Waals surface area contributed by atoms with E-state index in [9.17, 15) is 34.8 Å². The molecule has 4 rings (SSSR count). The number of carbonyl (C=O) groups excluding carboxylic acids is 3. The van der Waals surface area contributed by atoms with Gasteiger partial charge in [-0.15, -0.1) is 24.8 Å². The average Bonchev–Trinajstić information content (AvgIpc) is 2.74. The summed E-state index contributed by atoms with van der Waals surface area (Å²) in [5.74, 6) is -7.18. The first kappa shape index (κ1) is 29.7. The fourth-order valence-corrected chi connectivity index (χ4v) is 5.70. The average molecular weight is 566 g/mol. The lowest BCUT2D eigenvalue weighted by molar-refractivity contribution is -0.153. The first-order chi connectivity index (χ1) is 15.9. The van der Waals surface area contributed by atoms with Crippen LogP contribution in [-0.2, 0) is 20.8 Å². The van der Waals surface area contributed by atoms with E-state index in [-0.39, 0.29) is 59.8 Å². The van der Waals surface area contributed by atoms with Crippen molar-refractivity contribution in [2.45, 2.75) is 31.4 Å². The summed E-state index contributed by atoms with van der Waals surface area (Å²) in [7, 11) is 3.07. The van der Waals surface area contributed by atoms with Gasteiger partial charge in [0.25, 0.3) is 5.91 Å². The lowest BCUT2D eigenvalue weighted by Gasteiger charge is -2.50. The number of nitrogens with two attached hydrogens (primary N) is 1. The molecule has 0 aliphatic heterocycles. The van der Waals surface area contributed by atoms with Crippen LogP contribution in [0.3, 0.4) is 0 Å². The monoisotopic (exact) mass is 564 g/mol. The number of ketones is 2. The maximum absolute atomic E-state index is 13.7. The zero-order chi connectivity index (χ0) is 25.3. The van der Waals surface area contributed by atoms with Crippen LogP contribution < -0.4 is 11.1 Å². The maximum atomic E-state index is 13.7. The molecule has 3 aliphatic carbocycles. The summed E-state index contributed by atoms with van der Waals surface area (Å²) in [6.45, 7) is 2.16. The summed E-state index contributed by atoms with van der Waals surface area (Å²) >= 11 is 6.34. The number of fused-ring (bicyclic) bond motifs is 3. The predicted octanol–water partition coefficient (Wildman–Crippen LogP) is 1.29. The van der Waals surface area contributed by atoms with Gasteiger partial charge < -0.3 is 31.5 Å². The van der Waals surface area contributed by atoms with Crippen LogP contribution in [0.1, 0.15) is 24.5 Å². The van der Waals surface area contributed by atoms with E-state index >= 15 is 0 Å². The number of Topliss-reactive ketones (excluding diaryl/α,β-unsaturated/α-hetero) is 2. The van der Waals surface area contributed by atoms with E-state index in [1.165, 1.54) is 19.0 Å². The highest BCUT2D eigenvalue weighted by Gasteiger charge is 2.64. The largest absolute Gasteiger partial charge is 0.508 e. The molecule has 0 spiro atoms. The summed E-state index contributed by atoms with van der Waals surface area (Å²) in [5, 5.41) is 47.0. The Morgan fingerprint density at radius 2 is 1.86 bits per heavy atom. The number of aromatic nitrogens is 1. The predicted molar refractivity (Wildman–Crippen MR) is 136 cm³/mol. The third-order valence-electron chi connectivity index (χ3n) is 6.88. The highest BCUT2D eigenvalue weighted by Crippen LogP contribution is 2.53. The number of aliphatic hydroxyl groups excluding tert-OH is 2. The van der Waals surface area contributed by atoms with Crippen molar-refractivity contribution in [1.82, 2.24) is 9.88 Å². The van der Waals surface area contributed by atoms with Gasteiger partial charge in [-0.25, -0.2) is 4.98 Å². The van der Waals surface area contributed by atoms with Crippen molar-refractivity contribution in [1.29, 1.82) is 0 Å². The van der Waals surface area contributed by atoms with Crippen LogP contribution >= 0.6 is 36.4 Å². The number of aliphatic hydroxyl groups is 3. The molecule has 0 bridgehead atoms. The van der Waals surface area contributed by atoms with E-state index in [1.807, 2.05) is 0 Å². The summed E-state index contributed by atoms with van der Waals surface area (Å²) in [4.78, 5) is 44.3. The van der Waals surface area contributed by atoms with E-state index < -0.39 is 63.8 Å². The van der Waals surface area contributed by atoms with Crippen molar-refractivity contribution in [2.75, 3.05) is 26.0 Å². The summed E-state index contributed by atoms with van der Waals surface area (Å²) in [6.07, 6.45) is 0.0676. The Kier molecular flexibility index (Phi) is 8.29. The molecule has 198 valence electrons. The Morgan fingerprint density at radius 1 is 1.25 bits per heavy atom. The van der Waals surface area contributed by atoms with Gasteiger partial charge in [0.2, 0.25) is 5.78 Å². The zero-order valence-electron chi connectivity index (χ0n) is 19.5. The Morgan fingerprint density at radius 3 is 2.39 bits per heavy atom. The number of nitrogens with one attached hydrogen (secondary N) is 1. The van der Waals surface area contributed by atoms with Gasteiger partial charge in [0, 0.05) is 23.6 Å². The number of halogens is 3. The molecule has 1 amide bonds. The quantitative estimate of drug-likeness (QED) is 0.229. The molecule has 0 radical (unpaired) electrons. The van der Waals surface area contributed by atoms with Gasteiger partial charge in [-0.2, -0.15) is 0 Å². The van der Waals surface area contributed by atoms with Gasteiger partial charge in [-0.1, -0.05) is 11.6 Å². The first-order valence-corrected chi connectivity index (χ1v) is 11.1. The third-order valence-corrected chi connectivity index (χ3v) is 7.19. The molecule has 1 aromatic rings. The minimum atomic E-state index is -2.68. The van der Waals surface area contributed by atoms with Gasteiger partial charge >= 0.3 is 0 Å². The fraction of sp³-hybridized carbons (Fsp3) is 0.455. The van der Waals surface area contributed by atoms with Crippen LogP contribution in [0.15, 0.2) is 16.9 Å². The van der Waals surface area contributed by atoms with E-state index in [4.69, 9.17) is 17.3 Å². The Labute approximate surface area is 223 Å². The highest BCUT2D eigenvalue weighted by molar-refractivity contribution is 6.31. The fourth-order valence-electron chi connectivity index (χ4n) is 5.45. The van der Waals surface area contributed by atoms with E-state index in [1.54, 1.807) is 6.92 Å². The van der Waals surface area contributed by atoms with Crippen LogP contribution in [0.5, 0.6) is 5.75 Å². The molecule has 0 aromatic carbocycles. The number of primary amides is 1. The van der Waals surface area contributed by atoms with Crippen molar-refractivity contribution >= 4 is 65.5 Å². The van der Waals surface area contributed by atoms with Crippen molar-refractivity contribution in [2.24, 2.45) is 17.6 Å². The number of hydrogen-bond donors (Lipinski definition) is 6. The normalized spacial score (nSPS) is 27.0. The molecule has 11 nitrogen and oxygen atoms in total. The molecule has 1 aromatic heterocycles. The van der Waals surface area contributed by atoms with Crippen molar-refractivity contribution in [3.8, 4) is 5.75 Å². The number of carbonyl (C=O) groups is 3. The number of pyridine rings is 1. The van der Waals surface area contributed by atoms with Crippen molar-refractivity contribution in [3.05, 3.63) is 33.2 Å². The SMILES string of the molecule is CCNc1nc(Cl)c2c(c1O)C(O)=C1C(=O)[C@]3(O)C(O)=C(C(N)=O)C(=O)[C@@H](N(C)C)[C@@H]3C[C@@H]1C2.Cl.Cl. The number of nitrogens with zero attached hydrogens (tertiary/aromatic N) is 2. The number of likely N-dealkylation sites (N-methyl/N-ethyl adjacent to an activating group) is 1.